The summed E-state index contributed by atoms with van der Waals surface area (Å²) in [4.78, 5) is 31.9. The molecular weight excluding hydrogens is 479 g/mol. The Bertz CT molecular complexity index is 1240. The van der Waals surface area contributed by atoms with E-state index in [0.717, 1.165) is 12.0 Å². The van der Waals surface area contributed by atoms with Crippen LogP contribution >= 0.6 is 11.3 Å². The molecule has 3 aromatic rings. The van der Waals surface area contributed by atoms with Crippen LogP contribution in [0.25, 0.3) is 0 Å². The van der Waals surface area contributed by atoms with Crippen LogP contribution in [-0.4, -0.2) is 54.0 Å². The van der Waals surface area contributed by atoms with Gasteiger partial charge in [-0.15, -0.1) is 11.3 Å². The lowest BCUT2D eigenvalue weighted by atomic mass is 9.99. The van der Waals surface area contributed by atoms with Crippen LogP contribution in [0.15, 0.2) is 60.0 Å². The lowest BCUT2D eigenvalue weighted by Crippen LogP contribution is -2.53. The van der Waals surface area contributed by atoms with Crippen LogP contribution in [0.2, 0.25) is 0 Å². The van der Waals surface area contributed by atoms with E-state index < -0.39 is 5.54 Å². The molecule has 0 fully saturated rings. The number of ether oxygens (including phenoxy) is 2. The number of carbonyl (C=O) groups excluding carboxylic acids is 2. The van der Waals surface area contributed by atoms with Gasteiger partial charge < -0.3 is 19.3 Å². The van der Waals surface area contributed by atoms with Gasteiger partial charge in [0.1, 0.15) is 30.5 Å². The van der Waals surface area contributed by atoms with Crippen molar-refractivity contribution in [3.05, 3.63) is 81.8 Å². The number of methoxy groups -OCH3 is 1. The van der Waals surface area contributed by atoms with Gasteiger partial charge in [-0.3, -0.25) is 9.59 Å². The van der Waals surface area contributed by atoms with Crippen LogP contribution in [-0.2, 0) is 11.2 Å². The number of fused-ring (bicyclic) bond motifs is 1. The molecule has 2 aromatic carbocycles. The molecule has 0 bridgehead atoms. The SMILES string of the molecule is COc1ccccc1C(=O)N(CC(=O)N1CCc2sccc2[C@H]1COc1cccc(F)c1)C(C)(C)C. The molecule has 2 amide bonds. The molecule has 0 radical (unpaired) electrons. The number of para-hydroxylation sites is 1. The highest BCUT2D eigenvalue weighted by Gasteiger charge is 2.36. The molecule has 2 heterocycles. The van der Waals surface area contributed by atoms with E-state index in [0.29, 0.717) is 23.6 Å². The molecule has 0 saturated carbocycles. The van der Waals surface area contributed by atoms with Gasteiger partial charge >= 0.3 is 0 Å². The Morgan fingerprint density at radius 3 is 2.64 bits per heavy atom. The Hall–Kier alpha value is -3.39. The van der Waals surface area contributed by atoms with Gasteiger partial charge in [-0.2, -0.15) is 0 Å². The molecule has 6 nitrogen and oxygen atoms in total. The van der Waals surface area contributed by atoms with Gasteiger partial charge in [0.05, 0.1) is 18.7 Å². The fourth-order valence-corrected chi connectivity index (χ4v) is 5.34. The minimum absolute atomic E-state index is 0.0870. The van der Waals surface area contributed by atoms with Crippen molar-refractivity contribution in [2.24, 2.45) is 0 Å². The molecule has 1 atom stereocenters. The van der Waals surface area contributed by atoms with Gasteiger partial charge in [-0.1, -0.05) is 18.2 Å². The Kier molecular flexibility index (Phi) is 7.64. The molecule has 0 N–H and O–H groups in total. The van der Waals surface area contributed by atoms with E-state index >= 15 is 0 Å². The average Bonchev–Trinajstić information content (AvgIpc) is 3.34. The summed E-state index contributed by atoms with van der Waals surface area (Å²) in [5, 5.41) is 2.01. The fraction of sp³-hybridized carbons (Fsp3) is 0.357. The smallest absolute Gasteiger partial charge is 0.258 e. The topological polar surface area (TPSA) is 59.1 Å². The highest BCUT2D eigenvalue weighted by atomic mass is 32.1. The highest BCUT2D eigenvalue weighted by Crippen LogP contribution is 2.34. The van der Waals surface area contributed by atoms with Crippen molar-refractivity contribution in [3.63, 3.8) is 0 Å². The molecular formula is C28H31FN2O4S. The van der Waals surface area contributed by atoms with Gasteiger partial charge in [0.2, 0.25) is 5.91 Å². The van der Waals surface area contributed by atoms with Crippen molar-refractivity contribution in [2.75, 3.05) is 26.8 Å². The second-order valence-corrected chi connectivity index (χ2v) is 10.7. The van der Waals surface area contributed by atoms with Crippen LogP contribution in [0.4, 0.5) is 4.39 Å². The molecule has 1 aliphatic rings. The minimum Gasteiger partial charge on any atom is -0.496 e. The van der Waals surface area contributed by atoms with Crippen LogP contribution in [0.1, 0.15) is 47.6 Å². The van der Waals surface area contributed by atoms with E-state index in [1.54, 1.807) is 57.5 Å². The lowest BCUT2D eigenvalue weighted by Gasteiger charge is -2.40. The van der Waals surface area contributed by atoms with E-state index in [-0.39, 0.29) is 36.8 Å². The first kappa shape index (κ1) is 25.7. The zero-order chi connectivity index (χ0) is 25.9. The molecule has 1 aromatic heterocycles. The second-order valence-electron chi connectivity index (χ2n) is 9.68. The van der Waals surface area contributed by atoms with Gasteiger partial charge in [0.25, 0.3) is 5.91 Å². The van der Waals surface area contributed by atoms with E-state index in [1.165, 1.54) is 24.1 Å². The van der Waals surface area contributed by atoms with E-state index in [9.17, 15) is 14.0 Å². The van der Waals surface area contributed by atoms with Crippen LogP contribution < -0.4 is 9.47 Å². The van der Waals surface area contributed by atoms with Crippen LogP contribution in [0.3, 0.4) is 0 Å². The predicted molar refractivity (Wildman–Crippen MR) is 138 cm³/mol. The molecule has 0 unspecified atom stereocenters. The summed E-state index contributed by atoms with van der Waals surface area (Å²) >= 11 is 1.66. The third-order valence-electron chi connectivity index (χ3n) is 6.30. The Balaban J connectivity index is 1.58. The Labute approximate surface area is 215 Å². The quantitative estimate of drug-likeness (QED) is 0.431. The number of amides is 2. The van der Waals surface area contributed by atoms with Crippen molar-refractivity contribution in [2.45, 2.75) is 38.8 Å². The number of thiophene rings is 1. The van der Waals surface area contributed by atoms with Crippen LogP contribution in [0.5, 0.6) is 11.5 Å². The number of halogens is 1. The standard InChI is InChI=1S/C28H31FN2O4S/c1-28(2,3)31(27(33)22-10-5-6-11-24(22)34-4)17-26(32)30-14-12-25-21(13-15-36-25)23(30)18-35-20-9-7-8-19(29)16-20/h5-11,13,15-16,23H,12,14,17-18H2,1-4H3/t23-/m1/s1. The summed E-state index contributed by atoms with van der Waals surface area (Å²) in [5.74, 6) is 0.0572. The highest BCUT2D eigenvalue weighted by molar-refractivity contribution is 7.10. The van der Waals surface area contributed by atoms with Crippen molar-refractivity contribution in [1.29, 1.82) is 0 Å². The van der Waals surface area contributed by atoms with Crippen molar-refractivity contribution in [3.8, 4) is 11.5 Å². The summed E-state index contributed by atoms with van der Waals surface area (Å²) in [6, 6.07) is 14.7. The molecule has 0 saturated heterocycles. The largest absolute Gasteiger partial charge is 0.496 e. The molecule has 0 aliphatic carbocycles. The van der Waals surface area contributed by atoms with E-state index in [2.05, 4.69) is 0 Å². The van der Waals surface area contributed by atoms with Gasteiger partial charge in [0.15, 0.2) is 0 Å². The second kappa shape index (κ2) is 10.7. The predicted octanol–water partition coefficient (Wildman–Crippen LogP) is 5.34. The summed E-state index contributed by atoms with van der Waals surface area (Å²) in [6.45, 7) is 6.34. The third-order valence-corrected chi connectivity index (χ3v) is 7.30. The van der Waals surface area contributed by atoms with Gasteiger partial charge in [-0.25, -0.2) is 4.39 Å². The van der Waals surface area contributed by atoms with Crippen molar-refractivity contribution < 1.29 is 23.5 Å². The number of hydrogen-bond acceptors (Lipinski definition) is 5. The van der Waals surface area contributed by atoms with Crippen molar-refractivity contribution in [1.82, 2.24) is 9.80 Å². The summed E-state index contributed by atoms with van der Waals surface area (Å²) in [5.41, 5.74) is 0.839. The summed E-state index contributed by atoms with van der Waals surface area (Å²) in [6.07, 6.45) is 0.741. The number of rotatable bonds is 7. The Morgan fingerprint density at radius 1 is 1.14 bits per heavy atom. The molecule has 4 rings (SSSR count). The average molecular weight is 511 g/mol. The number of hydrogen-bond donors (Lipinski definition) is 0. The first-order chi connectivity index (χ1) is 17.2. The lowest BCUT2D eigenvalue weighted by molar-refractivity contribution is -0.136. The molecule has 8 heteroatoms. The number of nitrogens with zero attached hydrogens (tertiary/aromatic N) is 2. The maximum Gasteiger partial charge on any atom is 0.258 e. The summed E-state index contributed by atoms with van der Waals surface area (Å²) < 4.78 is 25.0. The molecule has 0 spiro atoms. The normalized spacial score (nSPS) is 15.2. The monoisotopic (exact) mass is 510 g/mol. The molecule has 1 aliphatic heterocycles. The molecule has 190 valence electrons. The van der Waals surface area contributed by atoms with Gasteiger partial charge in [0, 0.05) is 23.0 Å². The maximum atomic E-state index is 13.7. The zero-order valence-electron chi connectivity index (χ0n) is 21.0. The van der Waals surface area contributed by atoms with Crippen molar-refractivity contribution >= 4 is 23.2 Å². The van der Waals surface area contributed by atoms with E-state index in [4.69, 9.17) is 9.47 Å². The third kappa shape index (κ3) is 5.54. The summed E-state index contributed by atoms with van der Waals surface area (Å²) in [7, 11) is 1.52. The van der Waals surface area contributed by atoms with Gasteiger partial charge in [-0.05, 0) is 68.5 Å². The number of carbonyl (C=O) groups is 2. The Morgan fingerprint density at radius 2 is 1.92 bits per heavy atom. The zero-order valence-corrected chi connectivity index (χ0v) is 21.8. The van der Waals surface area contributed by atoms with E-state index in [1.807, 2.05) is 32.2 Å². The molecule has 36 heavy (non-hydrogen) atoms. The maximum absolute atomic E-state index is 13.7. The minimum atomic E-state index is -0.607. The van der Waals surface area contributed by atoms with Crippen LogP contribution in [0, 0.1) is 5.82 Å². The number of benzene rings is 2. The first-order valence-corrected chi connectivity index (χ1v) is 12.8. The fourth-order valence-electron chi connectivity index (χ4n) is 4.41. The first-order valence-electron chi connectivity index (χ1n) is 11.9.